The lowest BCUT2D eigenvalue weighted by atomic mass is 9.86. The summed E-state index contributed by atoms with van der Waals surface area (Å²) in [5, 5.41) is 3.14. The summed E-state index contributed by atoms with van der Waals surface area (Å²) >= 11 is 0. The van der Waals surface area contributed by atoms with Gasteiger partial charge in [-0.15, -0.1) is 0 Å². The van der Waals surface area contributed by atoms with Gasteiger partial charge >= 0.3 is 6.09 Å². The van der Waals surface area contributed by atoms with Crippen LogP contribution in [0.15, 0.2) is 72.8 Å². The molecule has 0 spiro atoms. The number of carbonyl (C=O) groups is 2. The van der Waals surface area contributed by atoms with Crippen molar-refractivity contribution in [2.75, 3.05) is 19.7 Å². The van der Waals surface area contributed by atoms with Crippen LogP contribution in [-0.2, 0) is 11.3 Å². The van der Waals surface area contributed by atoms with Crippen molar-refractivity contribution in [3.05, 3.63) is 101 Å². The van der Waals surface area contributed by atoms with E-state index in [1.807, 2.05) is 30.3 Å². The van der Waals surface area contributed by atoms with Crippen LogP contribution < -0.4 is 10.1 Å². The van der Waals surface area contributed by atoms with Crippen LogP contribution in [-0.4, -0.2) is 42.6 Å². The minimum absolute atomic E-state index is 0.133. The van der Waals surface area contributed by atoms with Crippen molar-refractivity contribution in [2.24, 2.45) is 5.92 Å². The first-order valence-electron chi connectivity index (χ1n) is 13.3. The molecule has 1 saturated heterocycles. The van der Waals surface area contributed by atoms with Crippen LogP contribution in [0.25, 0.3) is 0 Å². The molecule has 0 aliphatic carbocycles. The number of ether oxygens (including phenoxy) is 2. The highest BCUT2D eigenvalue weighted by atomic mass is 19.1. The quantitative estimate of drug-likeness (QED) is 0.310. The molecule has 1 fully saturated rings. The molecule has 3 aromatic rings. The number of halogens is 2. The number of benzene rings is 3. The molecule has 1 heterocycles. The average molecular weight is 537 g/mol. The number of nitrogens with one attached hydrogen (secondary N) is 1. The third kappa shape index (κ3) is 8.10. The van der Waals surface area contributed by atoms with E-state index in [1.54, 1.807) is 17.9 Å². The van der Waals surface area contributed by atoms with E-state index in [-0.39, 0.29) is 23.6 Å². The van der Waals surface area contributed by atoms with Gasteiger partial charge in [0.2, 0.25) is 0 Å². The third-order valence-electron chi connectivity index (χ3n) is 7.12. The maximum atomic E-state index is 13.8. The Morgan fingerprint density at radius 1 is 0.974 bits per heavy atom. The van der Waals surface area contributed by atoms with Crippen LogP contribution in [0, 0.1) is 24.5 Å². The van der Waals surface area contributed by atoms with E-state index in [0.717, 1.165) is 12.0 Å². The van der Waals surface area contributed by atoms with Crippen LogP contribution in [0.5, 0.6) is 5.75 Å². The van der Waals surface area contributed by atoms with E-state index in [9.17, 15) is 18.4 Å². The molecule has 6 nitrogen and oxygen atoms in total. The highest BCUT2D eigenvalue weighted by Crippen LogP contribution is 2.26. The summed E-state index contributed by atoms with van der Waals surface area (Å²) in [6.07, 6.45) is 2.30. The second-order valence-corrected chi connectivity index (χ2v) is 9.82. The van der Waals surface area contributed by atoms with Gasteiger partial charge in [-0.05, 0) is 80.5 Å². The van der Waals surface area contributed by atoms with E-state index in [1.165, 1.54) is 36.4 Å². The number of likely N-dealkylation sites (tertiary alicyclic amines) is 1. The van der Waals surface area contributed by atoms with Crippen molar-refractivity contribution in [3.8, 4) is 5.75 Å². The largest absolute Gasteiger partial charge is 0.415 e. The zero-order valence-corrected chi connectivity index (χ0v) is 22.1. The molecule has 0 aromatic heterocycles. The molecule has 39 heavy (non-hydrogen) atoms. The van der Waals surface area contributed by atoms with Crippen molar-refractivity contribution in [2.45, 2.75) is 45.3 Å². The summed E-state index contributed by atoms with van der Waals surface area (Å²) in [5.41, 5.74) is 1.79. The van der Waals surface area contributed by atoms with Crippen LogP contribution in [0.4, 0.5) is 13.6 Å². The summed E-state index contributed by atoms with van der Waals surface area (Å²) in [6.45, 7) is 3.58. The Morgan fingerprint density at radius 3 is 2.41 bits per heavy atom. The Bertz CT molecular complexity index is 1230. The van der Waals surface area contributed by atoms with Gasteiger partial charge in [0.1, 0.15) is 17.4 Å². The number of amides is 2. The zero-order valence-electron chi connectivity index (χ0n) is 22.1. The maximum absolute atomic E-state index is 13.8. The second kappa shape index (κ2) is 13.8. The minimum atomic E-state index is -0.511. The van der Waals surface area contributed by atoms with Gasteiger partial charge in [0.15, 0.2) is 0 Å². The van der Waals surface area contributed by atoms with Gasteiger partial charge in [0, 0.05) is 36.9 Å². The average Bonchev–Trinajstić information content (AvgIpc) is 2.95. The van der Waals surface area contributed by atoms with E-state index in [0.29, 0.717) is 56.7 Å². The molecule has 1 unspecified atom stereocenters. The molecule has 3 aromatic carbocycles. The zero-order chi connectivity index (χ0) is 27.6. The van der Waals surface area contributed by atoms with Gasteiger partial charge in [-0.3, -0.25) is 4.79 Å². The summed E-state index contributed by atoms with van der Waals surface area (Å²) in [4.78, 5) is 27.3. The first-order chi connectivity index (χ1) is 18.9. The highest BCUT2D eigenvalue weighted by molar-refractivity contribution is 5.94. The number of nitrogens with zero attached hydrogens (tertiary/aromatic N) is 1. The summed E-state index contributed by atoms with van der Waals surface area (Å²) in [6, 6.07) is 19.7. The third-order valence-corrected chi connectivity index (χ3v) is 7.12. The number of rotatable bonds is 10. The number of hydrogen-bond acceptors (Lipinski definition) is 4. The van der Waals surface area contributed by atoms with Crippen molar-refractivity contribution >= 4 is 12.0 Å². The fourth-order valence-corrected chi connectivity index (χ4v) is 4.79. The van der Waals surface area contributed by atoms with Crippen LogP contribution in [0.3, 0.4) is 0 Å². The van der Waals surface area contributed by atoms with Crippen molar-refractivity contribution in [1.29, 1.82) is 0 Å². The van der Waals surface area contributed by atoms with E-state index in [4.69, 9.17) is 9.47 Å². The molecule has 1 aliphatic rings. The second-order valence-electron chi connectivity index (χ2n) is 9.82. The topological polar surface area (TPSA) is 67.9 Å². The summed E-state index contributed by atoms with van der Waals surface area (Å²) in [7, 11) is 0. The highest BCUT2D eigenvalue weighted by Gasteiger charge is 2.30. The molecule has 0 saturated carbocycles. The normalized spacial score (nSPS) is 14.6. The van der Waals surface area contributed by atoms with Crippen molar-refractivity contribution < 1.29 is 27.8 Å². The Morgan fingerprint density at radius 2 is 1.69 bits per heavy atom. The van der Waals surface area contributed by atoms with Gasteiger partial charge in [0.05, 0.1) is 6.61 Å². The molecule has 1 atom stereocenters. The fourth-order valence-electron chi connectivity index (χ4n) is 4.79. The molecule has 0 bridgehead atoms. The lowest BCUT2D eigenvalue weighted by molar-refractivity contribution is 0.0846. The predicted molar refractivity (Wildman–Crippen MR) is 144 cm³/mol. The van der Waals surface area contributed by atoms with Crippen LogP contribution in [0.2, 0.25) is 0 Å². The van der Waals surface area contributed by atoms with E-state index >= 15 is 0 Å². The van der Waals surface area contributed by atoms with Crippen molar-refractivity contribution in [1.82, 2.24) is 10.2 Å². The maximum Gasteiger partial charge on any atom is 0.415 e. The fraction of sp³-hybridized carbons (Fsp3) is 0.355. The molecular weight excluding hydrogens is 502 g/mol. The Hall–Kier alpha value is -3.78. The van der Waals surface area contributed by atoms with Gasteiger partial charge in [-0.2, -0.15) is 0 Å². The smallest absolute Gasteiger partial charge is 0.410 e. The van der Waals surface area contributed by atoms with E-state index < -0.39 is 17.7 Å². The molecule has 2 amide bonds. The lowest BCUT2D eigenvalue weighted by Crippen LogP contribution is -2.47. The van der Waals surface area contributed by atoms with Gasteiger partial charge in [-0.25, -0.2) is 13.6 Å². The van der Waals surface area contributed by atoms with Gasteiger partial charge in [-0.1, -0.05) is 36.4 Å². The standard InChI is InChI=1S/C31H34F2N2O4/c1-22-27(33)9-5-11-29(22)39-31(37)35-18-16-24(17-19-35)28(34-30(36)25-12-14-26(32)15-13-25)10-6-20-38-21-23-7-3-2-4-8-23/h2-5,7-9,11-15,24,28H,6,10,16-21H2,1H3,(H,34,36). The monoisotopic (exact) mass is 536 g/mol. The van der Waals surface area contributed by atoms with E-state index in [2.05, 4.69) is 5.32 Å². The molecule has 1 N–H and O–H groups in total. The van der Waals surface area contributed by atoms with Crippen molar-refractivity contribution in [3.63, 3.8) is 0 Å². The summed E-state index contributed by atoms with van der Waals surface area (Å²) < 4.78 is 38.5. The van der Waals surface area contributed by atoms with Gasteiger partial charge < -0.3 is 19.7 Å². The molecule has 8 heteroatoms. The molecular formula is C31H34F2N2O4. The summed E-state index contributed by atoms with van der Waals surface area (Å²) in [5.74, 6) is -0.725. The number of carbonyl (C=O) groups excluding carboxylic acids is 2. The van der Waals surface area contributed by atoms with Crippen LogP contribution >= 0.6 is 0 Å². The first-order valence-corrected chi connectivity index (χ1v) is 13.3. The van der Waals surface area contributed by atoms with Gasteiger partial charge in [0.25, 0.3) is 5.91 Å². The van der Waals surface area contributed by atoms with Crippen LogP contribution in [0.1, 0.15) is 47.2 Å². The molecule has 4 rings (SSSR count). The Kier molecular flexibility index (Phi) is 10.0. The predicted octanol–water partition coefficient (Wildman–Crippen LogP) is 6.28. The first kappa shape index (κ1) is 28.2. The Balaban J connectivity index is 1.32. The lowest BCUT2D eigenvalue weighted by Gasteiger charge is -2.36. The molecule has 0 radical (unpaired) electrons. The Labute approximate surface area is 227 Å². The SMILES string of the molecule is Cc1c(F)cccc1OC(=O)N1CCC(C(CCCOCc2ccccc2)NC(=O)c2ccc(F)cc2)CC1. The minimum Gasteiger partial charge on any atom is -0.410 e. The molecule has 1 aliphatic heterocycles. The number of piperidine rings is 1. The molecule has 206 valence electrons. The number of hydrogen-bond donors (Lipinski definition) is 1.